The minimum absolute atomic E-state index is 0.472. The van der Waals surface area contributed by atoms with Crippen molar-refractivity contribution >= 4 is 34.2 Å². The molecule has 2 aromatic carbocycles. The molecule has 0 fully saturated rings. The van der Waals surface area contributed by atoms with Crippen molar-refractivity contribution in [1.29, 1.82) is 0 Å². The van der Waals surface area contributed by atoms with E-state index in [1.165, 1.54) is 16.7 Å². The zero-order chi connectivity index (χ0) is 19.8. The van der Waals surface area contributed by atoms with Gasteiger partial charge in [-0.15, -0.1) is 0 Å². The van der Waals surface area contributed by atoms with Gasteiger partial charge in [0.2, 0.25) is 5.95 Å². The van der Waals surface area contributed by atoms with Crippen LogP contribution in [-0.2, 0) is 0 Å². The van der Waals surface area contributed by atoms with Crippen LogP contribution < -0.4 is 16.4 Å². The molecule has 0 bridgehead atoms. The Morgan fingerprint density at radius 2 is 1.68 bits per heavy atom. The lowest BCUT2D eigenvalue weighted by atomic mass is 10.0. The number of aromatic nitrogens is 3. The van der Waals surface area contributed by atoms with Crippen molar-refractivity contribution in [2.75, 3.05) is 10.6 Å². The first-order chi connectivity index (χ1) is 13.4. The lowest BCUT2D eigenvalue weighted by molar-refractivity contribution is 0.555. The minimum Gasteiger partial charge on any atom is -0.408 e. The molecule has 0 saturated heterocycles. The first-order valence-corrected chi connectivity index (χ1v) is 8.97. The van der Waals surface area contributed by atoms with E-state index in [2.05, 4.69) is 58.5 Å². The number of aryl methyl sites for hydroxylation is 3. The van der Waals surface area contributed by atoms with Gasteiger partial charge in [0.25, 0.3) is 0 Å². The Morgan fingerprint density at radius 3 is 2.43 bits per heavy atom. The molecule has 0 aliphatic heterocycles. The van der Waals surface area contributed by atoms with Crippen LogP contribution in [0.3, 0.4) is 0 Å². The fourth-order valence-electron chi connectivity index (χ4n) is 3.03. The molecule has 4 rings (SSSR count). The smallest absolute Gasteiger partial charge is 0.408 e. The van der Waals surface area contributed by atoms with Crippen LogP contribution in [-0.4, -0.2) is 15.0 Å². The van der Waals surface area contributed by atoms with Gasteiger partial charge >= 0.3 is 5.76 Å². The summed E-state index contributed by atoms with van der Waals surface area (Å²) >= 11 is 0. The molecule has 0 radical (unpaired) electrons. The van der Waals surface area contributed by atoms with Crippen LogP contribution >= 0.6 is 0 Å². The number of nitrogens with one attached hydrogen (secondary N) is 3. The Balaban J connectivity index is 1.62. The van der Waals surface area contributed by atoms with Gasteiger partial charge in [0.05, 0.1) is 5.52 Å². The summed E-state index contributed by atoms with van der Waals surface area (Å²) in [6.45, 7) is 8.23. The monoisotopic (exact) mass is 375 g/mol. The second-order valence-electron chi connectivity index (χ2n) is 6.94. The Bertz CT molecular complexity index is 1220. The molecule has 0 aliphatic carbocycles. The van der Waals surface area contributed by atoms with Gasteiger partial charge in [0.1, 0.15) is 5.82 Å². The van der Waals surface area contributed by atoms with E-state index < -0.39 is 5.76 Å². The van der Waals surface area contributed by atoms with Crippen LogP contribution in [0.1, 0.15) is 22.3 Å². The van der Waals surface area contributed by atoms with Crippen molar-refractivity contribution in [3.05, 3.63) is 69.3 Å². The molecule has 28 heavy (non-hydrogen) atoms. The van der Waals surface area contributed by atoms with Crippen molar-refractivity contribution in [1.82, 2.24) is 15.0 Å². The number of hydrogen-bond acceptors (Lipinski definition) is 6. The van der Waals surface area contributed by atoms with Gasteiger partial charge in [-0.25, -0.2) is 9.78 Å². The van der Waals surface area contributed by atoms with E-state index in [1.54, 1.807) is 12.3 Å². The van der Waals surface area contributed by atoms with E-state index in [0.29, 0.717) is 22.9 Å². The molecule has 4 aromatic rings. The van der Waals surface area contributed by atoms with Crippen molar-refractivity contribution in [2.45, 2.75) is 27.7 Å². The maximum Gasteiger partial charge on any atom is 0.417 e. The van der Waals surface area contributed by atoms with Crippen LogP contribution in [0.15, 0.2) is 45.7 Å². The van der Waals surface area contributed by atoms with E-state index in [9.17, 15) is 4.79 Å². The third-order valence-corrected chi connectivity index (χ3v) is 4.84. The number of benzene rings is 2. The number of fused-ring (bicyclic) bond motifs is 1. The highest BCUT2D eigenvalue weighted by Gasteiger charge is 2.08. The van der Waals surface area contributed by atoms with Crippen LogP contribution in [0.4, 0.5) is 23.1 Å². The van der Waals surface area contributed by atoms with E-state index in [4.69, 9.17) is 4.42 Å². The number of oxazole rings is 1. The zero-order valence-electron chi connectivity index (χ0n) is 16.2. The van der Waals surface area contributed by atoms with Crippen LogP contribution in [0.5, 0.6) is 0 Å². The number of hydrogen-bond donors (Lipinski definition) is 3. The van der Waals surface area contributed by atoms with Gasteiger partial charge in [-0.1, -0.05) is 0 Å². The first-order valence-electron chi connectivity index (χ1n) is 8.97. The fourth-order valence-corrected chi connectivity index (χ4v) is 3.03. The highest BCUT2D eigenvalue weighted by atomic mass is 16.4. The molecule has 2 heterocycles. The summed E-state index contributed by atoms with van der Waals surface area (Å²) in [5.41, 5.74) is 7.51. The Labute approximate surface area is 161 Å². The fraction of sp³-hybridized carbons (Fsp3) is 0.190. The lowest BCUT2D eigenvalue weighted by Gasteiger charge is -2.13. The molecule has 3 N–H and O–H groups in total. The summed E-state index contributed by atoms with van der Waals surface area (Å²) in [5.74, 6) is 0.720. The topological polar surface area (TPSA) is 95.8 Å². The van der Waals surface area contributed by atoms with Crippen LogP contribution in [0.25, 0.3) is 11.1 Å². The van der Waals surface area contributed by atoms with E-state index in [0.717, 1.165) is 16.9 Å². The van der Waals surface area contributed by atoms with Crippen molar-refractivity contribution in [2.24, 2.45) is 0 Å². The Morgan fingerprint density at radius 1 is 0.929 bits per heavy atom. The molecule has 0 saturated carbocycles. The molecular formula is C21H21N5O2. The number of anilines is 4. The highest BCUT2D eigenvalue weighted by Crippen LogP contribution is 2.25. The van der Waals surface area contributed by atoms with E-state index in [1.807, 2.05) is 19.1 Å². The predicted octanol–water partition coefficient (Wildman–Crippen LogP) is 4.63. The predicted molar refractivity (Wildman–Crippen MR) is 111 cm³/mol. The highest BCUT2D eigenvalue weighted by molar-refractivity contribution is 5.78. The summed E-state index contributed by atoms with van der Waals surface area (Å²) in [7, 11) is 0. The quantitative estimate of drug-likeness (QED) is 0.481. The molecular weight excluding hydrogens is 354 g/mol. The summed E-state index contributed by atoms with van der Waals surface area (Å²) in [5, 5.41) is 6.55. The van der Waals surface area contributed by atoms with Crippen molar-refractivity contribution in [3.8, 4) is 0 Å². The molecule has 0 atom stereocenters. The third-order valence-electron chi connectivity index (χ3n) is 4.84. The van der Waals surface area contributed by atoms with Gasteiger partial charge in [0.15, 0.2) is 5.58 Å². The number of rotatable bonds is 4. The van der Waals surface area contributed by atoms with E-state index >= 15 is 0 Å². The average Bonchev–Trinajstić information content (AvgIpc) is 3.02. The molecule has 0 aliphatic rings. The zero-order valence-corrected chi connectivity index (χ0v) is 16.2. The largest absolute Gasteiger partial charge is 0.417 e. The first kappa shape index (κ1) is 17.8. The summed E-state index contributed by atoms with van der Waals surface area (Å²) in [4.78, 5) is 23.0. The Kier molecular flexibility index (Phi) is 4.35. The maximum atomic E-state index is 11.3. The van der Waals surface area contributed by atoms with Crippen molar-refractivity contribution < 1.29 is 4.42 Å². The number of H-pyrrole nitrogens is 1. The maximum absolute atomic E-state index is 11.3. The molecule has 0 amide bonds. The number of aromatic amines is 1. The Hall–Kier alpha value is -3.61. The van der Waals surface area contributed by atoms with Gasteiger partial charge in [-0.3, -0.25) is 4.98 Å². The molecule has 0 unspecified atom stereocenters. The van der Waals surface area contributed by atoms with Gasteiger partial charge in [-0.05, 0) is 74.7 Å². The van der Waals surface area contributed by atoms with Gasteiger partial charge in [-0.2, -0.15) is 4.98 Å². The second-order valence-corrected chi connectivity index (χ2v) is 6.94. The molecule has 7 nitrogen and oxygen atoms in total. The summed E-state index contributed by atoms with van der Waals surface area (Å²) in [6.07, 6.45) is 1.77. The minimum atomic E-state index is -0.472. The standard InChI is InChI=1S/C21H21N5O2/c1-11-7-16(8-12(2)14(11)4)24-20-22-10-13(3)19(26-20)23-15-5-6-18-17(9-15)25-21(27)28-18/h5-10H,1-4H3,(H,25,27)(H2,22,23,24,26). The van der Waals surface area contributed by atoms with Crippen molar-refractivity contribution in [3.63, 3.8) is 0 Å². The second kappa shape index (κ2) is 6.84. The third kappa shape index (κ3) is 3.46. The molecule has 2 aromatic heterocycles. The average molecular weight is 375 g/mol. The SMILES string of the molecule is Cc1cnc(Nc2cc(C)c(C)c(C)c2)nc1Nc1ccc2oc(=O)[nH]c2c1. The van der Waals surface area contributed by atoms with Gasteiger partial charge < -0.3 is 15.1 Å². The van der Waals surface area contributed by atoms with Crippen LogP contribution in [0.2, 0.25) is 0 Å². The van der Waals surface area contributed by atoms with Crippen LogP contribution in [0, 0.1) is 27.7 Å². The van der Waals surface area contributed by atoms with Gasteiger partial charge in [0, 0.05) is 23.1 Å². The van der Waals surface area contributed by atoms with E-state index in [-0.39, 0.29) is 0 Å². The number of nitrogens with zero attached hydrogens (tertiary/aromatic N) is 2. The molecule has 7 heteroatoms. The normalized spacial score (nSPS) is 11.0. The summed E-state index contributed by atoms with van der Waals surface area (Å²) in [6, 6.07) is 9.55. The summed E-state index contributed by atoms with van der Waals surface area (Å²) < 4.78 is 5.04. The molecule has 142 valence electrons. The lowest BCUT2D eigenvalue weighted by Crippen LogP contribution is -2.03. The molecule has 0 spiro atoms.